The molecule has 3 heteroatoms. The van der Waals surface area contributed by atoms with Crippen LogP contribution < -0.4 is 5.32 Å². The van der Waals surface area contributed by atoms with Crippen LogP contribution in [0, 0.1) is 11.7 Å². The van der Waals surface area contributed by atoms with Crippen LogP contribution in [0.15, 0.2) is 18.2 Å². The number of halogens is 2. The van der Waals surface area contributed by atoms with Crippen LogP contribution in [0.4, 0.5) is 4.39 Å². The van der Waals surface area contributed by atoms with Gasteiger partial charge in [0, 0.05) is 6.04 Å². The van der Waals surface area contributed by atoms with Crippen LogP contribution in [0.3, 0.4) is 0 Å². The summed E-state index contributed by atoms with van der Waals surface area (Å²) in [6, 6.07) is 5.47. The monoisotopic (exact) mass is 241 g/mol. The summed E-state index contributed by atoms with van der Waals surface area (Å²) in [5.41, 5.74) is 0.910. The molecule has 0 spiro atoms. The summed E-state index contributed by atoms with van der Waals surface area (Å²) in [6.07, 6.45) is 3.20. The molecule has 0 radical (unpaired) electrons. The minimum absolute atomic E-state index is 0.280. The zero-order valence-electron chi connectivity index (χ0n) is 9.47. The van der Waals surface area contributed by atoms with Crippen molar-refractivity contribution >= 4 is 11.6 Å². The molecule has 0 aliphatic carbocycles. The normalized spacial score (nSPS) is 25.7. The lowest BCUT2D eigenvalue weighted by molar-refractivity contribution is 0.318. The number of rotatable bonds is 2. The minimum atomic E-state index is -0.317. The summed E-state index contributed by atoms with van der Waals surface area (Å²) in [5, 5.41) is 3.74. The first-order valence-electron chi connectivity index (χ1n) is 5.83. The Morgan fingerprint density at radius 2 is 2.31 bits per heavy atom. The Hall–Kier alpha value is -0.600. The molecular weight excluding hydrogens is 225 g/mol. The molecule has 0 aromatic heterocycles. The van der Waals surface area contributed by atoms with Gasteiger partial charge in [-0.2, -0.15) is 0 Å². The Labute approximate surface area is 101 Å². The van der Waals surface area contributed by atoms with E-state index in [9.17, 15) is 4.39 Å². The van der Waals surface area contributed by atoms with E-state index < -0.39 is 0 Å². The quantitative estimate of drug-likeness (QED) is 0.837. The molecule has 1 fully saturated rings. The molecule has 1 aliphatic rings. The molecular formula is C13H17ClFN. The molecule has 2 unspecified atom stereocenters. The van der Waals surface area contributed by atoms with E-state index in [1.165, 1.54) is 12.5 Å². The van der Waals surface area contributed by atoms with E-state index >= 15 is 0 Å². The maximum atomic E-state index is 13.3. The van der Waals surface area contributed by atoms with Crippen molar-refractivity contribution in [1.29, 1.82) is 0 Å². The molecule has 1 N–H and O–H groups in total. The Kier molecular flexibility index (Phi) is 3.82. The Balaban J connectivity index is 2.05. The van der Waals surface area contributed by atoms with Crippen molar-refractivity contribution in [2.45, 2.75) is 32.2 Å². The van der Waals surface area contributed by atoms with E-state index in [1.54, 1.807) is 6.07 Å². The van der Waals surface area contributed by atoms with Crippen molar-refractivity contribution in [1.82, 2.24) is 5.32 Å². The van der Waals surface area contributed by atoms with Gasteiger partial charge >= 0.3 is 0 Å². The SMILES string of the molecule is CC1CCNC(Cc2cccc(F)c2Cl)C1. The molecule has 1 heterocycles. The van der Waals surface area contributed by atoms with Gasteiger partial charge in [0.25, 0.3) is 0 Å². The maximum Gasteiger partial charge on any atom is 0.142 e. The lowest BCUT2D eigenvalue weighted by atomic mass is 9.90. The van der Waals surface area contributed by atoms with Gasteiger partial charge in [0.15, 0.2) is 0 Å². The van der Waals surface area contributed by atoms with Gasteiger partial charge in [-0.15, -0.1) is 0 Å². The molecule has 2 rings (SSSR count). The number of hydrogen-bond donors (Lipinski definition) is 1. The van der Waals surface area contributed by atoms with Gasteiger partial charge < -0.3 is 5.32 Å². The number of nitrogens with one attached hydrogen (secondary N) is 1. The second-order valence-electron chi connectivity index (χ2n) is 4.70. The standard InChI is InChI=1S/C13H17ClFN/c1-9-5-6-16-11(7-9)8-10-3-2-4-12(15)13(10)14/h2-4,9,11,16H,5-8H2,1H3. The topological polar surface area (TPSA) is 12.0 Å². The van der Waals surface area contributed by atoms with Crippen molar-refractivity contribution in [3.8, 4) is 0 Å². The highest BCUT2D eigenvalue weighted by Gasteiger charge is 2.19. The van der Waals surface area contributed by atoms with Gasteiger partial charge in [0.2, 0.25) is 0 Å². The third kappa shape index (κ3) is 2.74. The predicted octanol–water partition coefficient (Wildman–Crippen LogP) is 3.41. The van der Waals surface area contributed by atoms with Gasteiger partial charge in [-0.25, -0.2) is 4.39 Å². The summed E-state index contributed by atoms with van der Waals surface area (Å²) in [6.45, 7) is 3.32. The second kappa shape index (κ2) is 5.15. The first-order chi connectivity index (χ1) is 7.66. The van der Waals surface area contributed by atoms with Crippen LogP contribution >= 0.6 is 11.6 Å². The minimum Gasteiger partial charge on any atom is -0.314 e. The fourth-order valence-corrected chi connectivity index (χ4v) is 2.55. The highest BCUT2D eigenvalue weighted by Crippen LogP contribution is 2.24. The smallest absolute Gasteiger partial charge is 0.142 e. The lowest BCUT2D eigenvalue weighted by Gasteiger charge is -2.28. The number of benzene rings is 1. The average Bonchev–Trinajstić information content (AvgIpc) is 2.25. The van der Waals surface area contributed by atoms with E-state index in [4.69, 9.17) is 11.6 Å². The molecule has 1 aliphatic heterocycles. The van der Waals surface area contributed by atoms with Gasteiger partial charge in [-0.1, -0.05) is 30.7 Å². The van der Waals surface area contributed by atoms with Crippen molar-refractivity contribution in [3.05, 3.63) is 34.6 Å². The zero-order valence-corrected chi connectivity index (χ0v) is 10.2. The molecule has 16 heavy (non-hydrogen) atoms. The highest BCUT2D eigenvalue weighted by molar-refractivity contribution is 6.31. The van der Waals surface area contributed by atoms with Crippen molar-refractivity contribution in [2.75, 3.05) is 6.54 Å². The van der Waals surface area contributed by atoms with Crippen LogP contribution in [0.25, 0.3) is 0 Å². The highest BCUT2D eigenvalue weighted by atomic mass is 35.5. The summed E-state index contributed by atoms with van der Waals surface area (Å²) in [4.78, 5) is 0. The summed E-state index contributed by atoms with van der Waals surface area (Å²) in [5.74, 6) is 0.432. The predicted molar refractivity (Wildman–Crippen MR) is 65.3 cm³/mol. The van der Waals surface area contributed by atoms with E-state index in [-0.39, 0.29) is 10.8 Å². The molecule has 0 saturated carbocycles. The Morgan fingerprint density at radius 1 is 1.50 bits per heavy atom. The van der Waals surface area contributed by atoms with Crippen LogP contribution in [-0.2, 0) is 6.42 Å². The van der Waals surface area contributed by atoms with Crippen LogP contribution in [0.2, 0.25) is 5.02 Å². The van der Waals surface area contributed by atoms with Crippen molar-refractivity contribution in [2.24, 2.45) is 5.92 Å². The van der Waals surface area contributed by atoms with E-state index in [0.717, 1.165) is 30.9 Å². The summed E-state index contributed by atoms with van der Waals surface area (Å²) < 4.78 is 13.3. The largest absolute Gasteiger partial charge is 0.314 e. The van der Waals surface area contributed by atoms with E-state index in [0.29, 0.717) is 6.04 Å². The molecule has 2 atom stereocenters. The fourth-order valence-electron chi connectivity index (χ4n) is 2.35. The molecule has 0 bridgehead atoms. The fraction of sp³-hybridized carbons (Fsp3) is 0.538. The Bertz CT molecular complexity index is 367. The second-order valence-corrected chi connectivity index (χ2v) is 5.08. The van der Waals surface area contributed by atoms with Crippen molar-refractivity contribution in [3.63, 3.8) is 0 Å². The van der Waals surface area contributed by atoms with Gasteiger partial charge in [-0.05, 0) is 43.4 Å². The molecule has 1 aromatic rings. The van der Waals surface area contributed by atoms with E-state index in [2.05, 4.69) is 12.2 Å². The molecule has 1 saturated heterocycles. The Morgan fingerprint density at radius 3 is 3.06 bits per heavy atom. The lowest BCUT2D eigenvalue weighted by Crippen LogP contribution is -2.38. The van der Waals surface area contributed by atoms with Gasteiger partial charge in [0.1, 0.15) is 5.82 Å². The molecule has 88 valence electrons. The molecule has 1 aromatic carbocycles. The van der Waals surface area contributed by atoms with Gasteiger partial charge in [-0.3, -0.25) is 0 Å². The number of hydrogen-bond acceptors (Lipinski definition) is 1. The maximum absolute atomic E-state index is 13.3. The molecule has 1 nitrogen and oxygen atoms in total. The summed E-state index contributed by atoms with van der Waals surface area (Å²) >= 11 is 5.95. The van der Waals surface area contributed by atoms with Crippen LogP contribution in [0.5, 0.6) is 0 Å². The van der Waals surface area contributed by atoms with E-state index in [1.807, 2.05) is 6.07 Å². The molecule has 0 amide bonds. The summed E-state index contributed by atoms with van der Waals surface area (Å²) in [7, 11) is 0. The third-order valence-electron chi connectivity index (χ3n) is 3.25. The average molecular weight is 242 g/mol. The first-order valence-corrected chi connectivity index (χ1v) is 6.21. The first kappa shape index (κ1) is 11.9. The van der Waals surface area contributed by atoms with Crippen LogP contribution in [0.1, 0.15) is 25.3 Å². The third-order valence-corrected chi connectivity index (χ3v) is 3.68. The zero-order chi connectivity index (χ0) is 11.5. The van der Waals surface area contributed by atoms with Crippen molar-refractivity contribution < 1.29 is 4.39 Å². The van der Waals surface area contributed by atoms with Gasteiger partial charge in [0.05, 0.1) is 5.02 Å². The van der Waals surface area contributed by atoms with Crippen LogP contribution in [-0.4, -0.2) is 12.6 Å². The number of piperidine rings is 1.